The van der Waals surface area contributed by atoms with Crippen molar-refractivity contribution in [3.63, 3.8) is 0 Å². The molecular formula is C27H20FNO5. The van der Waals surface area contributed by atoms with Gasteiger partial charge in [0.2, 0.25) is 12.6 Å². The minimum atomic E-state index is -0.712. The molecule has 1 amide bonds. The van der Waals surface area contributed by atoms with Crippen molar-refractivity contribution in [2.75, 3.05) is 6.79 Å². The molecule has 0 saturated heterocycles. The number of amides is 1. The zero-order valence-corrected chi connectivity index (χ0v) is 18.6. The van der Waals surface area contributed by atoms with Crippen LogP contribution in [-0.4, -0.2) is 17.6 Å². The van der Waals surface area contributed by atoms with Crippen LogP contribution in [-0.2, 0) is 6.54 Å². The number of aryl methyl sites for hydroxylation is 2. The van der Waals surface area contributed by atoms with Gasteiger partial charge in [-0.1, -0.05) is 18.2 Å². The third-order valence-electron chi connectivity index (χ3n) is 6.56. The molecule has 2 aliphatic heterocycles. The Bertz CT molecular complexity index is 1540. The standard InChI is InChI=1S/C27H20FNO5/c1-14-9-19-21(10-15(14)2)34-26-23(25(19)30)24(17-4-6-18(28)7-5-17)29(27(26)31)12-16-3-8-20-22(11-16)33-13-32-20/h3-11,24H,12-13H2,1-2H3/t24-/m1/s1. The van der Waals surface area contributed by atoms with Crippen LogP contribution in [0.15, 0.2) is 63.8 Å². The summed E-state index contributed by atoms with van der Waals surface area (Å²) in [6.45, 7) is 4.21. The number of ether oxygens (including phenoxy) is 2. The van der Waals surface area contributed by atoms with E-state index in [2.05, 4.69) is 0 Å². The molecule has 3 heterocycles. The summed E-state index contributed by atoms with van der Waals surface area (Å²) < 4.78 is 30.6. The molecule has 7 heteroatoms. The van der Waals surface area contributed by atoms with Crippen molar-refractivity contribution in [3.05, 3.63) is 104 Å². The Morgan fingerprint density at radius 1 is 0.941 bits per heavy atom. The van der Waals surface area contributed by atoms with Gasteiger partial charge in [-0.15, -0.1) is 0 Å². The first kappa shape index (κ1) is 20.5. The van der Waals surface area contributed by atoms with E-state index < -0.39 is 11.9 Å². The molecule has 34 heavy (non-hydrogen) atoms. The summed E-state index contributed by atoms with van der Waals surface area (Å²) in [5, 5.41) is 0.423. The highest BCUT2D eigenvalue weighted by molar-refractivity contribution is 5.99. The van der Waals surface area contributed by atoms with E-state index in [4.69, 9.17) is 13.9 Å². The highest BCUT2D eigenvalue weighted by Gasteiger charge is 2.42. The van der Waals surface area contributed by atoms with Gasteiger partial charge in [0.25, 0.3) is 5.91 Å². The van der Waals surface area contributed by atoms with Crippen molar-refractivity contribution >= 4 is 16.9 Å². The van der Waals surface area contributed by atoms with Crippen molar-refractivity contribution in [1.82, 2.24) is 4.90 Å². The molecular weight excluding hydrogens is 437 g/mol. The normalized spacial score (nSPS) is 16.4. The Morgan fingerprint density at radius 2 is 1.68 bits per heavy atom. The van der Waals surface area contributed by atoms with Crippen LogP contribution in [0, 0.1) is 19.7 Å². The summed E-state index contributed by atoms with van der Waals surface area (Å²) >= 11 is 0. The molecule has 0 bridgehead atoms. The molecule has 0 aliphatic carbocycles. The third-order valence-corrected chi connectivity index (χ3v) is 6.56. The number of halogens is 1. The first-order valence-electron chi connectivity index (χ1n) is 10.9. The predicted octanol–water partition coefficient (Wildman–Crippen LogP) is 5.02. The van der Waals surface area contributed by atoms with Crippen LogP contribution in [0.25, 0.3) is 11.0 Å². The fourth-order valence-corrected chi connectivity index (χ4v) is 4.67. The maximum Gasteiger partial charge on any atom is 0.291 e. The number of fused-ring (bicyclic) bond motifs is 3. The Labute approximate surface area is 194 Å². The zero-order valence-electron chi connectivity index (χ0n) is 18.6. The van der Waals surface area contributed by atoms with Gasteiger partial charge in [-0.2, -0.15) is 0 Å². The van der Waals surface area contributed by atoms with E-state index in [1.807, 2.05) is 26.0 Å². The fourth-order valence-electron chi connectivity index (χ4n) is 4.67. The minimum absolute atomic E-state index is 0.0239. The summed E-state index contributed by atoms with van der Waals surface area (Å²) in [5.74, 6) is 0.483. The molecule has 170 valence electrons. The largest absolute Gasteiger partial charge is 0.454 e. The van der Waals surface area contributed by atoms with Crippen LogP contribution in [0.3, 0.4) is 0 Å². The minimum Gasteiger partial charge on any atom is -0.454 e. The van der Waals surface area contributed by atoms with Crippen molar-refractivity contribution in [2.24, 2.45) is 0 Å². The predicted molar refractivity (Wildman–Crippen MR) is 123 cm³/mol. The molecule has 6 rings (SSSR count). The molecule has 1 atom stereocenters. The van der Waals surface area contributed by atoms with E-state index in [1.165, 1.54) is 12.1 Å². The fraction of sp³-hybridized carbons (Fsp3) is 0.185. The van der Waals surface area contributed by atoms with Crippen LogP contribution < -0.4 is 14.9 Å². The van der Waals surface area contributed by atoms with E-state index >= 15 is 0 Å². The van der Waals surface area contributed by atoms with Gasteiger partial charge >= 0.3 is 0 Å². The summed E-state index contributed by atoms with van der Waals surface area (Å²) in [5.41, 5.74) is 3.75. The van der Waals surface area contributed by atoms with Crippen molar-refractivity contribution < 1.29 is 23.1 Å². The van der Waals surface area contributed by atoms with Gasteiger partial charge in [-0.25, -0.2) is 4.39 Å². The quantitative estimate of drug-likeness (QED) is 0.432. The van der Waals surface area contributed by atoms with Gasteiger partial charge < -0.3 is 18.8 Å². The van der Waals surface area contributed by atoms with Gasteiger partial charge in [0.15, 0.2) is 16.9 Å². The topological polar surface area (TPSA) is 69.0 Å². The molecule has 6 nitrogen and oxygen atoms in total. The van der Waals surface area contributed by atoms with Crippen molar-refractivity contribution in [3.8, 4) is 11.5 Å². The van der Waals surface area contributed by atoms with Crippen LogP contribution in [0.1, 0.15) is 44.4 Å². The lowest BCUT2D eigenvalue weighted by atomic mass is 9.97. The summed E-state index contributed by atoms with van der Waals surface area (Å²) in [6.07, 6.45) is 0. The Morgan fingerprint density at radius 3 is 2.47 bits per heavy atom. The van der Waals surface area contributed by atoms with Crippen LogP contribution in [0.2, 0.25) is 0 Å². The average molecular weight is 457 g/mol. The number of nitrogens with zero attached hydrogens (tertiary/aromatic N) is 1. The molecule has 0 radical (unpaired) electrons. The van der Waals surface area contributed by atoms with Gasteiger partial charge in [0, 0.05) is 6.54 Å². The molecule has 3 aromatic carbocycles. The number of carbonyl (C=O) groups excluding carboxylic acids is 1. The van der Waals surface area contributed by atoms with Crippen LogP contribution >= 0.6 is 0 Å². The van der Waals surface area contributed by atoms with Crippen LogP contribution in [0.5, 0.6) is 11.5 Å². The molecule has 0 N–H and O–H groups in total. The van der Waals surface area contributed by atoms with E-state index in [1.54, 1.807) is 35.2 Å². The number of carbonyl (C=O) groups is 1. The highest BCUT2D eigenvalue weighted by Crippen LogP contribution is 2.40. The Hall–Kier alpha value is -4.13. The SMILES string of the molecule is Cc1cc2oc3c(c(=O)c2cc1C)[C@@H](c1ccc(F)cc1)N(Cc1ccc2c(c1)OCO2)C3=O. The van der Waals surface area contributed by atoms with Gasteiger partial charge in [0.1, 0.15) is 11.4 Å². The molecule has 4 aromatic rings. The number of hydrogen-bond donors (Lipinski definition) is 0. The summed E-state index contributed by atoms with van der Waals surface area (Å²) in [4.78, 5) is 28.9. The lowest BCUT2D eigenvalue weighted by Crippen LogP contribution is -2.29. The van der Waals surface area contributed by atoms with Gasteiger partial charge in [0.05, 0.1) is 17.0 Å². The lowest BCUT2D eigenvalue weighted by molar-refractivity contribution is 0.0714. The number of hydrogen-bond acceptors (Lipinski definition) is 5. The molecule has 2 aliphatic rings. The van der Waals surface area contributed by atoms with E-state index in [9.17, 15) is 14.0 Å². The molecule has 0 fully saturated rings. The monoisotopic (exact) mass is 457 g/mol. The van der Waals surface area contributed by atoms with Crippen molar-refractivity contribution in [1.29, 1.82) is 0 Å². The number of benzene rings is 3. The highest BCUT2D eigenvalue weighted by atomic mass is 19.1. The average Bonchev–Trinajstić information content (AvgIpc) is 3.39. The molecule has 0 unspecified atom stereocenters. The molecule has 0 spiro atoms. The first-order chi connectivity index (χ1) is 16.4. The zero-order chi connectivity index (χ0) is 23.6. The third kappa shape index (κ3) is 3.08. The summed E-state index contributed by atoms with van der Waals surface area (Å²) in [6, 6.07) is 14.2. The van der Waals surface area contributed by atoms with E-state index in [0.717, 1.165) is 16.7 Å². The second-order valence-corrected chi connectivity index (χ2v) is 8.68. The Kier molecular flexibility index (Phi) is 4.49. The molecule has 0 saturated carbocycles. The maximum absolute atomic E-state index is 13.7. The van der Waals surface area contributed by atoms with E-state index in [-0.39, 0.29) is 36.0 Å². The second-order valence-electron chi connectivity index (χ2n) is 8.68. The lowest BCUT2D eigenvalue weighted by Gasteiger charge is -2.25. The smallest absolute Gasteiger partial charge is 0.291 e. The summed E-state index contributed by atoms with van der Waals surface area (Å²) in [7, 11) is 0. The maximum atomic E-state index is 13.7. The van der Waals surface area contributed by atoms with Crippen molar-refractivity contribution in [2.45, 2.75) is 26.4 Å². The Balaban J connectivity index is 1.53. The van der Waals surface area contributed by atoms with E-state index in [0.29, 0.717) is 28.0 Å². The molecule has 1 aromatic heterocycles. The van der Waals surface area contributed by atoms with Gasteiger partial charge in [-0.3, -0.25) is 9.59 Å². The number of rotatable bonds is 3. The van der Waals surface area contributed by atoms with Gasteiger partial charge in [-0.05, 0) is 72.5 Å². The van der Waals surface area contributed by atoms with Crippen LogP contribution in [0.4, 0.5) is 4.39 Å². The first-order valence-corrected chi connectivity index (χ1v) is 10.9. The second kappa shape index (κ2) is 7.45.